The summed E-state index contributed by atoms with van der Waals surface area (Å²) in [7, 11) is 4.08. The fourth-order valence-corrected chi connectivity index (χ4v) is 3.40. The highest BCUT2D eigenvalue weighted by Gasteiger charge is 2.28. The number of pyridine rings is 1. The zero-order valence-corrected chi connectivity index (χ0v) is 14.2. The number of nitrogens with zero attached hydrogens (tertiary/aromatic N) is 3. The number of thioether (sulfide) groups is 1. The highest BCUT2D eigenvalue weighted by Crippen LogP contribution is 2.22. The van der Waals surface area contributed by atoms with Crippen LogP contribution in [0.4, 0.5) is 0 Å². The standard InChI is InChI=1S/C16H25N3OS/c1-5-21-15-11-13(6-8-17-15)16(20)19(4)14-7-9-18(3)12(2)10-14/h6,8,11-12,14H,5,7,9-10H2,1-4H3. The molecule has 0 N–H and O–H groups in total. The first-order valence-electron chi connectivity index (χ1n) is 7.59. The highest BCUT2D eigenvalue weighted by atomic mass is 32.2. The fourth-order valence-electron chi connectivity index (χ4n) is 2.76. The predicted molar refractivity (Wildman–Crippen MR) is 87.8 cm³/mol. The van der Waals surface area contributed by atoms with Gasteiger partial charge in [0.25, 0.3) is 5.91 Å². The van der Waals surface area contributed by atoms with Gasteiger partial charge in [0.05, 0.1) is 5.03 Å². The molecule has 21 heavy (non-hydrogen) atoms. The maximum Gasteiger partial charge on any atom is 0.253 e. The Morgan fingerprint density at radius 3 is 3.00 bits per heavy atom. The lowest BCUT2D eigenvalue weighted by Gasteiger charge is -2.39. The van der Waals surface area contributed by atoms with Crippen LogP contribution >= 0.6 is 11.8 Å². The molecular formula is C16H25N3OS. The Morgan fingerprint density at radius 1 is 1.57 bits per heavy atom. The van der Waals surface area contributed by atoms with E-state index in [1.165, 1.54) is 0 Å². The number of likely N-dealkylation sites (tertiary alicyclic amines) is 1. The lowest BCUT2D eigenvalue weighted by molar-refractivity contribution is 0.0598. The van der Waals surface area contributed by atoms with Gasteiger partial charge >= 0.3 is 0 Å². The molecule has 0 aliphatic carbocycles. The van der Waals surface area contributed by atoms with Gasteiger partial charge in [-0.15, -0.1) is 11.8 Å². The van der Waals surface area contributed by atoms with Gasteiger partial charge in [-0.1, -0.05) is 6.92 Å². The van der Waals surface area contributed by atoms with E-state index in [1.807, 2.05) is 24.1 Å². The van der Waals surface area contributed by atoms with Gasteiger partial charge in [-0.3, -0.25) is 4.79 Å². The quantitative estimate of drug-likeness (QED) is 0.802. The van der Waals surface area contributed by atoms with Crippen LogP contribution in [0, 0.1) is 0 Å². The predicted octanol–water partition coefficient (Wildman–Crippen LogP) is 2.75. The van der Waals surface area contributed by atoms with Crippen LogP contribution in [0.2, 0.25) is 0 Å². The van der Waals surface area contributed by atoms with Crippen LogP contribution in [-0.4, -0.2) is 59.2 Å². The van der Waals surface area contributed by atoms with Crippen LogP contribution in [0.5, 0.6) is 0 Å². The van der Waals surface area contributed by atoms with Gasteiger partial charge in [-0.2, -0.15) is 0 Å². The molecule has 5 heteroatoms. The molecule has 0 bridgehead atoms. The van der Waals surface area contributed by atoms with E-state index in [1.54, 1.807) is 18.0 Å². The van der Waals surface area contributed by atoms with Crippen LogP contribution in [0.25, 0.3) is 0 Å². The molecule has 0 spiro atoms. The van der Waals surface area contributed by atoms with E-state index in [4.69, 9.17) is 0 Å². The van der Waals surface area contributed by atoms with Gasteiger partial charge in [0.15, 0.2) is 0 Å². The summed E-state index contributed by atoms with van der Waals surface area (Å²) in [6.45, 7) is 5.37. The highest BCUT2D eigenvalue weighted by molar-refractivity contribution is 7.99. The molecule has 1 aliphatic rings. The zero-order valence-electron chi connectivity index (χ0n) is 13.4. The summed E-state index contributed by atoms with van der Waals surface area (Å²) in [4.78, 5) is 21.2. The van der Waals surface area contributed by atoms with Gasteiger partial charge in [0.1, 0.15) is 0 Å². The van der Waals surface area contributed by atoms with Crippen molar-refractivity contribution in [2.24, 2.45) is 0 Å². The molecule has 1 aromatic rings. The van der Waals surface area contributed by atoms with Crippen molar-refractivity contribution in [1.29, 1.82) is 0 Å². The number of carbonyl (C=O) groups is 1. The summed E-state index contributed by atoms with van der Waals surface area (Å²) < 4.78 is 0. The second-order valence-corrected chi connectivity index (χ2v) is 7.02. The summed E-state index contributed by atoms with van der Waals surface area (Å²) in [6.07, 6.45) is 3.82. The van der Waals surface area contributed by atoms with Crippen molar-refractivity contribution in [2.45, 2.75) is 43.8 Å². The van der Waals surface area contributed by atoms with E-state index in [2.05, 4.69) is 30.8 Å². The number of rotatable bonds is 4. The Kier molecular flexibility index (Phi) is 5.65. The number of piperidine rings is 1. The number of hydrogen-bond acceptors (Lipinski definition) is 4. The van der Waals surface area contributed by atoms with E-state index in [-0.39, 0.29) is 5.91 Å². The summed E-state index contributed by atoms with van der Waals surface area (Å²) in [5.74, 6) is 1.07. The van der Waals surface area contributed by atoms with E-state index in [9.17, 15) is 4.79 Å². The molecule has 116 valence electrons. The van der Waals surface area contributed by atoms with Crippen LogP contribution in [-0.2, 0) is 0 Å². The maximum atomic E-state index is 12.7. The molecule has 1 amide bonds. The SMILES string of the molecule is CCSc1cc(C(=O)N(C)C2CCN(C)C(C)C2)ccn1. The van der Waals surface area contributed by atoms with Gasteiger partial charge in [0.2, 0.25) is 0 Å². The summed E-state index contributed by atoms with van der Waals surface area (Å²) >= 11 is 1.67. The third kappa shape index (κ3) is 3.98. The first kappa shape index (κ1) is 16.3. The van der Waals surface area contributed by atoms with Crippen molar-refractivity contribution >= 4 is 17.7 Å². The molecule has 0 aromatic carbocycles. The Morgan fingerprint density at radius 2 is 2.33 bits per heavy atom. The van der Waals surface area contributed by atoms with Gasteiger partial charge in [-0.05, 0) is 44.7 Å². The largest absolute Gasteiger partial charge is 0.339 e. The molecule has 2 rings (SSSR count). The summed E-state index contributed by atoms with van der Waals surface area (Å²) in [5.41, 5.74) is 0.745. The number of amides is 1. The van der Waals surface area contributed by atoms with Crippen molar-refractivity contribution < 1.29 is 4.79 Å². The minimum atomic E-state index is 0.108. The molecule has 0 radical (unpaired) electrons. The number of hydrogen-bond donors (Lipinski definition) is 0. The zero-order chi connectivity index (χ0) is 15.4. The molecule has 2 heterocycles. The fraction of sp³-hybridized carbons (Fsp3) is 0.625. The number of aromatic nitrogens is 1. The Hall–Kier alpha value is -1.07. The Labute approximate surface area is 131 Å². The second kappa shape index (κ2) is 7.27. The molecular weight excluding hydrogens is 282 g/mol. The molecule has 0 saturated carbocycles. The summed E-state index contributed by atoms with van der Waals surface area (Å²) in [5, 5.41) is 0.925. The van der Waals surface area contributed by atoms with E-state index in [0.717, 1.165) is 35.7 Å². The average Bonchev–Trinajstić information content (AvgIpc) is 2.49. The van der Waals surface area contributed by atoms with Crippen LogP contribution < -0.4 is 0 Å². The minimum Gasteiger partial charge on any atom is -0.339 e. The second-order valence-electron chi connectivity index (χ2n) is 5.74. The maximum absolute atomic E-state index is 12.7. The van der Waals surface area contributed by atoms with Crippen molar-refractivity contribution in [3.05, 3.63) is 23.9 Å². The minimum absolute atomic E-state index is 0.108. The summed E-state index contributed by atoms with van der Waals surface area (Å²) in [6, 6.07) is 4.59. The van der Waals surface area contributed by atoms with Crippen LogP contribution in [0.3, 0.4) is 0 Å². The molecule has 1 saturated heterocycles. The molecule has 1 aliphatic heterocycles. The first-order valence-corrected chi connectivity index (χ1v) is 8.57. The normalized spacial score (nSPS) is 23.0. The van der Waals surface area contributed by atoms with Gasteiger partial charge in [0, 0.05) is 37.4 Å². The van der Waals surface area contributed by atoms with Crippen LogP contribution in [0.1, 0.15) is 37.0 Å². The Bertz CT molecular complexity index is 494. The lowest BCUT2D eigenvalue weighted by atomic mass is 9.97. The average molecular weight is 307 g/mol. The topological polar surface area (TPSA) is 36.4 Å². The lowest BCUT2D eigenvalue weighted by Crippen LogP contribution is -2.48. The number of carbonyl (C=O) groups excluding carboxylic acids is 1. The molecule has 2 atom stereocenters. The van der Waals surface area contributed by atoms with Crippen molar-refractivity contribution in [3.8, 4) is 0 Å². The van der Waals surface area contributed by atoms with Crippen molar-refractivity contribution in [2.75, 3.05) is 26.4 Å². The third-order valence-electron chi connectivity index (χ3n) is 4.32. The smallest absolute Gasteiger partial charge is 0.253 e. The van der Waals surface area contributed by atoms with E-state index < -0.39 is 0 Å². The van der Waals surface area contributed by atoms with Gasteiger partial charge in [-0.25, -0.2) is 4.98 Å². The van der Waals surface area contributed by atoms with Crippen molar-refractivity contribution in [3.63, 3.8) is 0 Å². The molecule has 2 unspecified atom stereocenters. The van der Waals surface area contributed by atoms with E-state index >= 15 is 0 Å². The van der Waals surface area contributed by atoms with Gasteiger partial charge < -0.3 is 9.80 Å². The van der Waals surface area contributed by atoms with Crippen molar-refractivity contribution in [1.82, 2.24) is 14.8 Å². The molecule has 4 nitrogen and oxygen atoms in total. The van der Waals surface area contributed by atoms with Crippen LogP contribution in [0.15, 0.2) is 23.4 Å². The molecule has 1 aromatic heterocycles. The molecule has 1 fully saturated rings. The monoisotopic (exact) mass is 307 g/mol. The first-order chi connectivity index (χ1) is 10.0. The van der Waals surface area contributed by atoms with E-state index in [0.29, 0.717) is 12.1 Å². The third-order valence-corrected chi connectivity index (χ3v) is 5.13. The Balaban J connectivity index is 2.06.